The van der Waals surface area contributed by atoms with E-state index in [2.05, 4.69) is 0 Å². The molecule has 2 rings (SSSR count). The predicted octanol–water partition coefficient (Wildman–Crippen LogP) is 2.56. The van der Waals surface area contributed by atoms with E-state index >= 15 is 0 Å². The molecule has 0 saturated carbocycles. The number of carbonyl (C=O) groups is 1. The molecule has 0 atom stereocenters. The van der Waals surface area contributed by atoms with Gasteiger partial charge in [0.25, 0.3) is 0 Å². The summed E-state index contributed by atoms with van der Waals surface area (Å²) in [4.78, 5) is 12.2. The second-order valence-corrected chi connectivity index (χ2v) is 6.08. The summed E-state index contributed by atoms with van der Waals surface area (Å²) < 4.78 is 26.7. The highest BCUT2D eigenvalue weighted by atomic mass is 32.2. The molecular weight excluding hydrogens is 276 g/mol. The summed E-state index contributed by atoms with van der Waals surface area (Å²) in [6, 6.07) is 13.3. The third-order valence-electron chi connectivity index (χ3n) is 2.68. The largest absolute Gasteiger partial charge is 0.383 e. The van der Waals surface area contributed by atoms with Crippen LogP contribution < -0.4 is 4.18 Å². The number of aryl methyl sites for hydroxylation is 1. The summed E-state index contributed by atoms with van der Waals surface area (Å²) >= 11 is 0. The minimum Gasteiger partial charge on any atom is -0.383 e. The Bertz CT molecular complexity index is 713. The number of hydrogen-bond donors (Lipinski definition) is 0. The van der Waals surface area contributed by atoms with Gasteiger partial charge in [-0.15, -0.1) is 0 Å². The summed E-state index contributed by atoms with van der Waals surface area (Å²) in [7, 11) is -3.55. The van der Waals surface area contributed by atoms with Crippen LogP contribution in [0.2, 0.25) is 0 Å². The maximum Gasteiger partial charge on any atom is 0.306 e. The van der Waals surface area contributed by atoms with Gasteiger partial charge in [0.15, 0.2) is 5.78 Å². The van der Waals surface area contributed by atoms with Crippen LogP contribution in [0.15, 0.2) is 48.5 Å². The highest BCUT2D eigenvalue weighted by Crippen LogP contribution is 2.17. The van der Waals surface area contributed by atoms with Crippen molar-refractivity contribution in [2.75, 3.05) is 6.26 Å². The Morgan fingerprint density at radius 1 is 0.900 bits per heavy atom. The molecule has 5 heteroatoms. The van der Waals surface area contributed by atoms with Crippen LogP contribution in [0.25, 0.3) is 0 Å². The smallest absolute Gasteiger partial charge is 0.306 e. The van der Waals surface area contributed by atoms with Gasteiger partial charge in [-0.1, -0.05) is 29.8 Å². The second kappa shape index (κ2) is 5.46. The van der Waals surface area contributed by atoms with Crippen LogP contribution in [0.1, 0.15) is 21.5 Å². The quantitative estimate of drug-likeness (QED) is 0.641. The van der Waals surface area contributed by atoms with E-state index < -0.39 is 10.1 Å². The van der Waals surface area contributed by atoms with E-state index in [0.29, 0.717) is 11.1 Å². The Morgan fingerprint density at radius 3 is 1.80 bits per heavy atom. The first-order valence-corrected chi connectivity index (χ1v) is 7.78. The highest BCUT2D eigenvalue weighted by Gasteiger charge is 2.10. The Balaban J connectivity index is 2.21. The van der Waals surface area contributed by atoms with E-state index in [-0.39, 0.29) is 11.5 Å². The molecule has 2 aromatic carbocycles. The van der Waals surface area contributed by atoms with Crippen LogP contribution in [-0.2, 0) is 10.1 Å². The summed E-state index contributed by atoms with van der Waals surface area (Å²) in [6.07, 6.45) is 0.971. The Kier molecular flexibility index (Phi) is 3.90. The molecule has 0 saturated heterocycles. The minimum atomic E-state index is -3.55. The molecule has 0 amide bonds. The van der Waals surface area contributed by atoms with Crippen LogP contribution >= 0.6 is 0 Å². The van der Waals surface area contributed by atoms with E-state index in [4.69, 9.17) is 4.18 Å². The van der Waals surface area contributed by atoms with Crippen molar-refractivity contribution >= 4 is 15.9 Å². The normalized spacial score (nSPS) is 11.1. The number of carbonyl (C=O) groups excluding carboxylic acids is 1. The molecule has 0 aromatic heterocycles. The van der Waals surface area contributed by atoms with Crippen molar-refractivity contribution in [2.45, 2.75) is 6.92 Å². The summed E-state index contributed by atoms with van der Waals surface area (Å²) in [5, 5.41) is 0. The zero-order chi connectivity index (χ0) is 14.8. The van der Waals surface area contributed by atoms with E-state index in [0.717, 1.165) is 11.8 Å². The van der Waals surface area contributed by atoms with Crippen molar-refractivity contribution in [1.29, 1.82) is 0 Å². The molecule has 0 fully saturated rings. The lowest BCUT2D eigenvalue weighted by atomic mass is 10.0. The molecule has 4 nitrogen and oxygen atoms in total. The fourth-order valence-electron chi connectivity index (χ4n) is 1.71. The molecule has 0 radical (unpaired) electrons. The Hall–Kier alpha value is -2.14. The zero-order valence-electron chi connectivity index (χ0n) is 11.2. The van der Waals surface area contributed by atoms with Crippen LogP contribution in [0.5, 0.6) is 5.75 Å². The predicted molar refractivity (Wildman–Crippen MR) is 76.5 cm³/mol. The lowest BCUT2D eigenvalue weighted by molar-refractivity contribution is 0.103. The molecule has 20 heavy (non-hydrogen) atoms. The van der Waals surface area contributed by atoms with Crippen molar-refractivity contribution in [3.8, 4) is 5.75 Å². The lowest BCUT2D eigenvalue weighted by Gasteiger charge is -2.05. The number of ketones is 1. The van der Waals surface area contributed by atoms with Crippen LogP contribution in [0, 0.1) is 6.92 Å². The van der Waals surface area contributed by atoms with Crippen molar-refractivity contribution in [3.05, 3.63) is 65.2 Å². The topological polar surface area (TPSA) is 60.4 Å². The molecule has 0 spiro atoms. The molecule has 0 aliphatic carbocycles. The molecule has 0 unspecified atom stereocenters. The molecule has 0 N–H and O–H groups in total. The van der Waals surface area contributed by atoms with Crippen LogP contribution in [0.3, 0.4) is 0 Å². The van der Waals surface area contributed by atoms with Gasteiger partial charge in [-0.05, 0) is 31.2 Å². The first-order chi connectivity index (χ1) is 9.35. The van der Waals surface area contributed by atoms with Crippen LogP contribution in [0.4, 0.5) is 0 Å². The third kappa shape index (κ3) is 3.68. The molecule has 104 valence electrons. The average molecular weight is 290 g/mol. The van der Waals surface area contributed by atoms with Gasteiger partial charge < -0.3 is 4.18 Å². The van der Waals surface area contributed by atoms with Gasteiger partial charge in [0.05, 0.1) is 6.26 Å². The summed E-state index contributed by atoms with van der Waals surface area (Å²) in [5.41, 5.74) is 2.15. The molecular formula is C15H14O4S. The molecule has 0 aliphatic rings. The molecule has 0 bridgehead atoms. The SMILES string of the molecule is Cc1ccc(C(=O)c2ccc(OS(C)(=O)=O)cc2)cc1. The monoisotopic (exact) mass is 290 g/mol. The van der Waals surface area contributed by atoms with E-state index in [1.54, 1.807) is 24.3 Å². The van der Waals surface area contributed by atoms with Gasteiger partial charge in [-0.2, -0.15) is 8.42 Å². The molecule has 0 heterocycles. The van der Waals surface area contributed by atoms with Crippen molar-refractivity contribution in [2.24, 2.45) is 0 Å². The van der Waals surface area contributed by atoms with E-state index in [9.17, 15) is 13.2 Å². The van der Waals surface area contributed by atoms with E-state index in [1.165, 1.54) is 12.1 Å². The number of benzene rings is 2. The highest BCUT2D eigenvalue weighted by molar-refractivity contribution is 7.86. The fraction of sp³-hybridized carbons (Fsp3) is 0.133. The van der Waals surface area contributed by atoms with E-state index in [1.807, 2.05) is 19.1 Å². The standard InChI is InChI=1S/C15H14O4S/c1-11-3-5-12(6-4-11)15(16)13-7-9-14(10-8-13)19-20(2,17)18/h3-10H,1-2H3. The Morgan fingerprint density at radius 2 is 1.35 bits per heavy atom. The minimum absolute atomic E-state index is 0.115. The van der Waals surface area contributed by atoms with Crippen molar-refractivity contribution in [3.63, 3.8) is 0 Å². The maximum atomic E-state index is 12.2. The Labute approximate surface area is 118 Å². The zero-order valence-corrected chi connectivity index (χ0v) is 12.0. The number of hydrogen-bond acceptors (Lipinski definition) is 4. The summed E-state index contributed by atoms with van der Waals surface area (Å²) in [5.74, 6) is 0.0730. The number of rotatable bonds is 4. The van der Waals surface area contributed by atoms with Gasteiger partial charge in [0.2, 0.25) is 0 Å². The average Bonchev–Trinajstić information content (AvgIpc) is 2.38. The van der Waals surface area contributed by atoms with Crippen LogP contribution in [-0.4, -0.2) is 20.5 Å². The fourth-order valence-corrected chi connectivity index (χ4v) is 2.17. The van der Waals surface area contributed by atoms with Crippen molar-refractivity contribution in [1.82, 2.24) is 0 Å². The van der Waals surface area contributed by atoms with Gasteiger partial charge in [-0.25, -0.2) is 0 Å². The molecule has 2 aromatic rings. The first-order valence-electron chi connectivity index (χ1n) is 5.96. The third-order valence-corrected chi connectivity index (χ3v) is 3.17. The maximum absolute atomic E-state index is 12.2. The first kappa shape index (κ1) is 14.3. The van der Waals surface area contributed by atoms with Gasteiger partial charge >= 0.3 is 10.1 Å². The summed E-state index contributed by atoms with van der Waals surface area (Å²) in [6.45, 7) is 1.95. The lowest BCUT2D eigenvalue weighted by Crippen LogP contribution is -2.06. The van der Waals surface area contributed by atoms with Gasteiger partial charge in [0.1, 0.15) is 5.75 Å². The van der Waals surface area contributed by atoms with Gasteiger partial charge in [-0.3, -0.25) is 4.79 Å². The molecule has 0 aliphatic heterocycles. The van der Waals surface area contributed by atoms with Gasteiger partial charge in [0, 0.05) is 11.1 Å². The second-order valence-electron chi connectivity index (χ2n) is 4.51. The van der Waals surface area contributed by atoms with Crippen molar-refractivity contribution < 1.29 is 17.4 Å².